The van der Waals surface area contributed by atoms with E-state index in [1.165, 1.54) is 0 Å². The molecule has 0 atom stereocenters. The minimum Gasteiger partial charge on any atom is -0.493 e. The lowest BCUT2D eigenvalue weighted by Crippen LogP contribution is -1.99. The molecule has 2 aromatic heterocycles. The van der Waals surface area contributed by atoms with Gasteiger partial charge in [-0.25, -0.2) is 9.97 Å². The van der Waals surface area contributed by atoms with Crippen LogP contribution in [0.5, 0.6) is 11.5 Å². The third-order valence-electron chi connectivity index (χ3n) is 3.23. The van der Waals surface area contributed by atoms with E-state index in [-0.39, 0.29) is 0 Å². The molecule has 0 aliphatic heterocycles. The lowest BCUT2D eigenvalue weighted by molar-refractivity contribution is 0.355. The van der Waals surface area contributed by atoms with Crippen LogP contribution in [0.25, 0.3) is 22.7 Å². The summed E-state index contributed by atoms with van der Waals surface area (Å²) >= 11 is 0. The second-order valence-corrected chi connectivity index (χ2v) is 4.54. The van der Waals surface area contributed by atoms with Gasteiger partial charge >= 0.3 is 0 Å². The largest absolute Gasteiger partial charge is 0.493 e. The van der Waals surface area contributed by atoms with E-state index in [2.05, 4.69) is 9.97 Å². The summed E-state index contributed by atoms with van der Waals surface area (Å²) in [7, 11) is 3.17. The van der Waals surface area contributed by atoms with Crippen LogP contribution in [0.15, 0.2) is 47.2 Å². The van der Waals surface area contributed by atoms with Crippen LogP contribution in [0.2, 0.25) is 0 Å². The Bertz CT molecular complexity index is 785. The second kappa shape index (κ2) is 5.77. The van der Waals surface area contributed by atoms with Crippen molar-refractivity contribution in [3.8, 4) is 34.2 Å². The van der Waals surface area contributed by atoms with Gasteiger partial charge in [-0.15, -0.1) is 0 Å². The van der Waals surface area contributed by atoms with E-state index in [1.54, 1.807) is 38.8 Å². The normalized spacial score (nSPS) is 10.5. The first kappa shape index (κ1) is 13.9. The summed E-state index contributed by atoms with van der Waals surface area (Å²) in [4.78, 5) is 8.73. The standard InChI is InChI=1S/C16H15N3O3/c1-20-13-6-5-10(8-14(13)21-2)15-16(17)18-9-11(19-15)12-4-3-7-22-12/h3-9H,1-2H3,(H2,17,18). The molecule has 6 heteroatoms. The zero-order chi connectivity index (χ0) is 15.5. The number of aromatic nitrogens is 2. The van der Waals surface area contributed by atoms with Crippen molar-refractivity contribution in [3.63, 3.8) is 0 Å². The monoisotopic (exact) mass is 297 g/mol. The molecule has 0 bridgehead atoms. The highest BCUT2D eigenvalue weighted by Crippen LogP contribution is 2.33. The molecular weight excluding hydrogens is 282 g/mol. The predicted octanol–water partition coefficient (Wildman–Crippen LogP) is 3.00. The van der Waals surface area contributed by atoms with Gasteiger partial charge in [0.1, 0.15) is 17.2 Å². The van der Waals surface area contributed by atoms with Crippen molar-refractivity contribution >= 4 is 5.82 Å². The highest BCUT2D eigenvalue weighted by Gasteiger charge is 2.13. The van der Waals surface area contributed by atoms with Gasteiger partial charge in [0, 0.05) is 5.56 Å². The summed E-state index contributed by atoms with van der Waals surface area (Å²) in [5, 5.41) is 0. The first-order chi connectivity index (χ1) is 10.7. The van der Waals surface area contributed by atoms with Crippen molar-refractivity contribution in [2.24, 2.45) is 0 Å². The topological polar surface area (TPSA) is 83.4 Å². The number of rotatable bonds is 4. The summed E-state index contributed by atoms with van der Waals surface area (Å²) in [5.41, 5.74) is 7.93. The summed E-state index contributed by atoms with van der Waals surface area (Å²) < 4.78 is 15.9. The number of anilines is 1. The SMILES string of the molecule is COc1ccc(-c2nc(-c3ccco3)cnc2N)cc1OC. The molecule has 0 aliphatic rings. The van der Waals surface area contributed by atoms with Crippen LogP contribution in [0, 0.1) is 0 Å². The molecule has 0 unspecified atom stereocenters. The number of methoxy groups -OCH3 is 2. The fourth-order valence-corrected chi connectivity index (χ4v) is 2.14. The Hall–Kier alpha value is -3.02. The molecule has 3 rings (SSSR count). The molecule has 6 nitrogen and oxygen atoms in total. The lowest BCUT2D eigenvalue weighted by atomic mass is 10.1. The number of furan rings is 1. The summed E-state index contributed by atoms with van der Waals surface area (Å²) in [6.45, 7) is 0. The summed E-state index contributed by atoms with van der Waals surface area (Å²) in [6.07, 6.45) is 3.17. The van der Waals surface area contributed by atoms with Crippen LogP contribution < -0.4 is 15.2 Å². The number of hydrogen-bond donors (Lipinski definition) is 1. The first-order valence-corrected chi connectivity index (χ1v) is 6.61. The smallest absolute Gasteiger partial charge is 0.161 e. The van der Waals surface area contributed by atoms with Gasteiger partial charge in [0.2, 0.25) is 0 Å². The third kappa shape index (κ3) is 2.46. The number of benzene rings is 1. The van der Waals surface area contributed by atoms with Gasteiger partial charge in [-0.3, -0.25) is 0 Å². The fraction of sp³-hybridized carbons (Fsp3) is 0.125. The number of nitrogens with two attached hydrogens (primary N) is 1. The molecule has 0 saturated heterocycles. The van der Waals surface area contributed by atoms with Gasteiger partial charge in [-0.2, -0.15) is 0 Å². The van der Waals surface area contributed by atoms with Crippen LogP contribution in [0.4, 0.5) is 5.82 Å². The quantitative estimate of drug-likeness (QED) is 0.797. The summed E-state index contributed by atoms with van der Waals surface area (Å²) in [6, 6.07) is 9.08. The Morgan fingerprint density at radius 2 is 1.91 bits per heavy atom. The molecule has 0 spiro atoms. The molecule has 0 radical (unpaired) electrons. The average Bonchev–Trinajstić information content (AvgIpc) is 3.09. The molecule has 0 fully saturated rings. The van der Waals surface area contributed by atoms with Gasteiger partial charge in [-0.05, 0) is 30.3 Å². The van der Waals surface area contributed by atoms with Crippen molar-refractivity contribution < 1.29 is 13.9 Å². The molecular formula is C16H15N3O3. The van der Waals surface area contributed by atoms with Crippen molar-refractivity contribution in [3.05, 3.63) is 42.8 Å². The van der Waals surface area contributed by atoms with Crippen molar-refractivity contribution in [1.82, 2.24) is 9.97 Å². The van der Waals surface area contributed by atoms with Crippen molar-refractivity contribution in [2.75, 3.05) is 20.0 Å². The minimum absolute atomic E-state index is 0.336. The highest BCUT2D eigenvalue weighted by molar-refractivity contribution is 5.74. The molecule has 0 aliphatic carbocycles. The van der Waals surface area contributed by atoms with E-state index in [0.29, 0.717) is 34.5 Å². The zero-order valence-corrected chi connectivity index (χ0v) is 12.2. The van der Waals surface area contributed by atoms with Gasteiger partial charge in [0.05, 0.1) is 26.7 Å². The van der Waals surface area contributed by atoms with Crippen LogP contribution in [-0.2, 0) is 0 Å². The van der Waals surface area contributed by atoms with Crippen LogP contribution >= 0.6 is 0 Å². The molecule has 3 aromatic rings. The van der Waals surface area contributed by atoms with Gasteiger partial charge < -0.3 is 19.6 Å². The fourth-order valence-electron chi connectivity index (χ4n) is 2.14. The highest BCUT2D eigenvalue weighted by atomic mass is 16.5. The Morgan fingerprint density at radius 3 is 2.59 bits per heavy atom. The number of hydrogen-bond acceptors (Lipinski definition) is 6. The minimum atomic E-state index is 0.336. The maximum absolute atomic E-state index is 5.96. The molecule has 112 valence electrons. The second-order valence-electron chi connectivity index (χ2n) is 4.54. The van der Waals surface area contributed by atoms with Gasteiger partial charge in [0.15, 0.2) is 17.3 Å². The Kier molecular flexibility index (Phi) is 3.65. The molecule has 2 heterocycles. The van der Waals surface area contributed by atoms with E-state index in [9.17, 15) is 0 Å². The van der Waals surface area contributed by atoms with E-state index < -0.39 is 0 Å². The molecule has 22 heavy (non-hydrogen) atoms. The first-order valence-electron chi connectivity index (χ1n) is 6.61. The zero-order valence-electron chi connectivity index (χ0n) is 12.2. The molecule has 0 amide bonds. The summed E-state index contributed by atoms with van der Waals surface area (Å²) in [5.74, 6) is 2.21. The number of nitrogen functional groups attached to an aromatic ring is 1. The van der Waals surface area contributed by atoms with Gasteiger partial charge in [-0.1, -0.05) is 0 Å². The lowest BCUT2D eigenvalue weighted by Gasteiger charge is -2.10. The van der Waals surface area contributed by atoms with Crippen molar-refractivity contribution in [1.29, 1.82) is 0 Å². The van der Waals surface area contributed by atoms with Crippen LogP contribution in [0.3, 0.4) is 0 Å². The Morgan fingerprint density at radius 1 is 1.09 bits per heavy atom. The maximum Gasteiger partial charge on any atom is 0.161 e. The van der Waals surface area contributed by atoms with E-state index in [0.717, 1.165) is 5.56 Å². The molecule has 1 aromatic carbocycles. The number of ether oxygens (including phenoxy) is 2. The molecule has 2 N–H and O–H groups in total. The number of nitrogens with zero attached hydrogens (tertiary/aromatic N) is 2. The molecule has 0 saturated carbocycles. The van der Waals surface area contributed by atoms with E-state index >= 15 is 0 Å². The van der Waals surface area contributed by atoms with Crippen LogP contribution in [0.1, 0.15) is 0 Å². The predicted molar refractivity (Wildman–Crippen MR) is 82.7 cm³/mol. The van der Waals surface area contributed by atoms with Crippen molar-refractivity contribution in [2.45, 2.75) is 0 Å². The van der Waals surface area contributed by atoms with Gasteiger partial charge in [0.25, 0.3) is 0 Å². The van der Waals surface area contributed by atoms with Crippen LogP contribution in [-0.4, -0.2) is 24.2 Å². The Balaban J connectivity index is 2.09. The average molecular weight is 297 g/mol. The Labute approximate surface area is 127 Å². The maximum atomic E-state index is 5.96. The van der Waals surface area contributed by atoms with E-state index in [1.807, 2.05) is 18.2 Å². The van der Waals surface area contributed by atoms with E-state index in [4.69, 9.17) is 19.6 Å². The third-order valence-corrected chi connectivity index (χ3v) is 3.23.